The molecule has 10 heteroatoms. The molecule has 0 aliphatic carbocycles. The predicted molar refractivity (Wildman–Crippen MR) is 117 cm³/mol. The highest BCUT2D eigenvalue weighted by Crippen LogP contribution is 2.32. The first kappa shape index (κ1) is 24.9. The van der Waals surface area contributed by atoms with Crippen LogP contribution in [0.2, 0.25) is 0 Å². The summed E-state index contributed by atoms with van der Waals surface area (Å²) in [4.78, 5) is 28.5. The molecule has 0 radical (unpaired) electrons. The lowest BCUT2D eigenvalue weighted by Crippen LogP contribution is -2.18. The molecule has 6 nitrogen and oxygen atoms in total. The van der Waals surface area contributed by atoms with E-state index in [-0.39, 0.29) is 35.1 Å². The van der Waals surface area contributed by atoms with Crippen molar-refractivity contribution in [3.8, 4) is 0 Å². The van der Waals surface area contributed by atoms with E-state index < -0.39 is 29.4 Å². The van der Waals surface area contributed by atoms with Crippen molar-refractivity contribution in [2.75, 3.05) is 12.4 Å². The number of rotatable bonds is 7. The molecule has 0 saturated heterocycles. The minimum absolute atomic E-state index is 0.0705. The Kier molecular flexibility index (Phi) is 7.38. The molecule has 1 N–H and O–H groups in total. The molecule has 0 fully saturated rings. The number of methoxy groups -OCH3 is 1. The fourth-order valence-electron chi connectivity index (χ4n) is 3.45. The molecule has 1 amide bonds. The predicted octanol–water partition coefficient (Wildman–Crippen LogP) is 5.33. The third-order valence-electron chi connectivity index (χ3n) is 4.95. The summed E-state index contributed by atoms with van der Waals surface area (Å²) in [5, 5.41) is 2.62. The Balaban J connectivity index is 1.89. The van der Waals surface area contributed by atoms with Crippen LogP contribution in [0.25, 0.3) is 0 Å². The van der Waals surface area contributed by atoms with E-state index in [2.05, 4.69) is 15.0 Å². The van der Waals surface area contributed by atoms with Crippen molar-refractivity contribution in [1.29, 1.82) is 0 Å². The number of aromatic nitrogens is 2. The van der Waals surface area contributed by atoms with Crippen LogP contribution in [-0.2, 0) is 23.9 Å². The maximum Gasteiger partial charge on any atom is 0.419 e. The maximum absolute atomic E-state index is 13.7. The average Bonchev–Trinajstić information content (AvgIpc) is 3.15. The second kappa shape index (κ2) is 10.1. The molecule has 0 spiro atoms. The highest BCUT2D eigenvalue weighted by molar-refractivity contribution is 6.03. The Hall–Kier alpha value is -3.69. The van der Waals surface area contributed by atoms with Crippen LogP contribution in [0.5, 0.6) is 0 Å². The van der Waals surface area contributed by atoms with Crippen LogP contribution in [0.3, 0.4) is 0 Å². The molecule has 0 bridgehead atoms. The van der Waals surface area contributed by atoms with E-state index in [1.807, 2.05) is 13.8 Å². The summed E-state index contributed by atoms with van der Waals surface area (Å²) < 4.78 is 59.2. The third-order valence-corrected chi connectivity index (χ3v) is 4.95. The molecule has 0 unspecified atom stereocenters. The van der Waals surface area contributed by atoms with Crippen molar-refractivity contribution in [3.63, 3.8) is 0 Å². The van der Waals surface area contributed by atoms with Gasteiger partial charge in [-0.25, -0.2) is 14.2 Å². The number of esters is 1. The monoisotopic (exact) mass is 477 g/mol. The molecular formula is C24H23F4N3O3. The standard InChI is InChI=1S/C24H23F4N3O3/c1-14(2)8-16-10-20(22(32)30-21-7-5-17(11-29-21)23(33)34-3)31(13-16)12-15-4-6-19(25)18(9-15)24(26,27)28/h4-7,9-11,13-14H,8,12H2,1-3H3,(H,29,30,32). The first-order valence-electron chi connectivity index (χ1n) is 10.4. The van der Waals surface area contributed by atoms with E-state index in [9.17, 15) is 27.2 Å². The molecular weight excluding hydrogens is 454 g/mol. The second-order valence-corrected chi connectivity index (χ2v) is 8.15. The van der Waals surface area contributed by atoms with Gasteiger partial charge >= 0.3 is 12.1 Å². The van der Waals surface area contributed by atoms with Crippen molar-refractivity contribution < 1.29 is 31.9 Å². The van der Waals surface area contributed by atoms with E-state index in [0.717, 1.165) is 17.7 Å². The van der Waals surface area contributed by atoms with Gasteiger partial charge in [0, 0.05) is 18.9 Å². The van der Waals surface area contributed by atoms with Crippen LogP contribution in [0.15, 0.2) is 48.8 Å². The molecule has 0 aliphatic rings. The number of carbonyl (C=O) groups excluding carboxylic acids is 2. The summed E-state index contributed by atoms with van der Waals surface area (Å²) in [6.07, 6.45) is -1.24. The molecule has 0 atom stereocenters. The first-order valence-corrected chi connectivity index (χ1v) is 10.4. The molecule has 3 aromatic rings. The van der Waals surface area contributed by atoms with Crippen molar-refractivity contribution in [1.82, 2.24) is 9.55 Å². The third kappa shape index (κ3) is 6.00. The van der Waals surface area contributed by atoms with Gasteiger partial charge in [0.15, 0.2) is 0 Å². The maximum atomic E-state index is 13.7. The molecule has 3 rings (SSSR count). The van der Waals surface area contributed by atoms with E-state index in [1.165, 1.54) is 36.1 Å². The van der Waals surface area contributed by atoms with Crippen molar-refractivity contribution in [2.24, 2.45) is 5.92 Å². The first-order chi connectivity index (χ1) is 16.0. The van der Waals surface area contributed by atoms with Crippen LogP contribution in [0.1, 0.15) is 51.4 Å². The molecule has 2 heterocycles. The van der Waals surface area contributed by atoms with Crippen LogP contribution in [0.4, 0.5) is 23.4 Å². The number of benzene rings is 1. The number of ether oxygens (including phenoxy) is 1. The topological polar surface area (TPSA) is 73.2 Å². The van der Waals surface area contributed by atoms with Gasteiger partial charge in [-0.3, -0.25) is 4.79 Å². The van der Waals surface area contributed by atoms with Crippen molar-refractivity contribution in [3.05, 3.63) is 82.6 Å². The summed E-state index contributed by atoms with van der Waals surface area (Å²) >= 11 is 0. The highest BCUT2D eigenvalue weighted by Gasteiger charge is 2.34. The minimum Gasteiger partial charge on any atom is -0.465 e. The normalized spacial score (nSPS) is 11.5. The van der Waals surface area contributed by atoms with E-state index in [4.69, 9.17) is 0 Å². The Morgan fingerprint density at radius 2 is 1.85 bits per heavy atom. The van der Waals surface area contributed by atoms with Crippen LogP contribution < -0.4 is 5.32 Å². The number of pyridine rings is 1. The number of nitrogens with one attached hydrogen (secondary N) is 1. The molecule has 2 aromatic heterocycles. The number of alkyl halides is 3. The zero-order chi connectivity index (χ0) is 25.0. The van der Waals surface area contributed by atoms with Crippen molar-refractivity contribution in [2.45, 2.75) is 33.0 Å². The fraction of sp³-hybridized carbons (Fsp3) is 0.292. The SMILES string of the molecule is COC(=O)c1ccc(NC(=O)c2cc(CC(C)C)cn2Cc2ccc(F)c(C(F)(F)F)c2)nc1. The molecule has 0 saturated carbocycles. The van der Waals surface area contributed by atoms with Crippen molar-refractivity contribution >= 4 is 17.7 Å². The second-order valence-electron chi connectivity index (χ2n) is 8.15. The summed E-state index contributed by atoms with van der Waals surface area (Å²) in [6, 6.07) is 7.29. The smallest absolute Gasteiger partial charge is 0.419 e. The van der Waals surface area contributed by atoms with Gasteiger partial charge in [0.25, 0.3) is 5.91 Å². The lowest BCUT2D eigenvalue weighted by Gasteiger charge is -2.13. The number of anilines is 1. The quantitative estimate of drug-likeness (QED) is 0.369. The van der Waals surface area contributed by atoms with Crippen LogP contribution in [0, 0.1) is 11.7 Å². The van der Waals surface area contributed by atoms with E-state index >= 15 is 0 Å². The molecule has 180 valence electrons. The minimum atomic E-state index is -4.83. The number of amides is 1. The summed E-state index contributed by atoms with van der Waals surface area (Å²) in [5.74, 6) is -2.01. The number of hydrogen-bond donors (Lipinski definition) is 1. The zero-order valence-corrected chi connectivity index (χ0v) is 18.7. The number of halogens is 4. The van der Waals surface area contributed by atoms with Gasteiger partial charge in [-0.1, -0.05) is 19.9 Å². The summed E-state index contributed by atoms with van der Waals surface area (Å²) in [7, 11) is 1.24. The van der Waals surface area contributed by atoms with Gasteiger partial charge in [-0.15, -0.1) is 0 Å². The lowest BCUT2D eigenvalue weighted by atomic mass is 10.1. The number of hydrogen-bond acceptors (Lipinski definition) is 4. The van der Waals surface area contributed by atoms with Gasteiger partial charge in [0.1, 0.15) is 17.3 Å². The largest absolute Gasteiger partial charge is 0.465 e. The van der Waals surface area contributed by atoms with Crippen LogP contribution in [-0.4, -0.2) is 28.5 Å². The van der Waals surface area contributed by atoms with Gasteiger partial charge in [-0.2, -0.15) is 13.2 Å². The molecule has 0 aliphatic heterocycles. The zero-order valence-electron chi connectivity index (χ0n) is 18.7. The Bertz CT molecular complexity index is 1190. The fourth-order valence-corrected chi connectivity index (χ4v) is 3.45. The summed E-state index contributed by atoms with van der Waals surface area (Å²) in [5.41, 5.74) is 0.0649. The summed E-state index contributed by atoms with van der Waals surface area (Å²) in [6.45, 7) is 3.93. The lowest BCUT2D eigenvalue weighted by molar-refractivity contribution is -0.140. The molecule has 34 heavy (non-hydrogen) atoms. The Labute approximate surface area is 193 Å². The molecule has 1 aromatic carbocycles. The number of carbonyl (C=O) groups is 2. The number of nitrogens with zero attached hydrogens (tertiary/aromatic N) is 2. The van der Waals surface area contributed by atoms with E-state index in [0.29, 0.717) is 6.42 Å². The van der Waals surface area contributed by atoms with Gasteiger partial charge in [0.2, 0.25) is 0 Å². The van der Waals surface area contributed by atoms with Gasteiger partial charge in [0.05, 0.1) is 18.2 Å². The van der Waals surface area contributed by atoms with Gasteiger partial charge < -0.3 is 14.6 Å². The van der Waals surface area contributed by atoms with Crippen LogP contribution >= 0.6 is 0 Å². The average molecular weight is 477 g/mol. The highest BCUT2D eigenvalue weighted by atomic mass is 19.4. The Morgan fingerprint density at radius 3 is 2.44 bits per heavy atom. The Morgan fingerprint density at radius 1 is 1.12 bits per heavy atom. The van der Waals surface area contributed by atoms with Gasteiger partial charge in [-0.05, 0) is 53.8 Å². The van der Waals surface area contributed by atoms with E-state index in [1.54, 1.807) is 12.3 Å².